The first-order valence-electron chi connectivity index (χ1n) is 7.37. The summed E-state index contributed by atoms with van der Waals surface area (Å²) in [5, 5.41) is 0. The minimum absolute atomic E-state index is 0.815. The molecule has 106 valence electrons. The Bertz CT molecular complexity index is 388. The molecule has 1 saturated heterocycles. The first kappa shape index (κ1) is 14.9. The number of piperidine rings is 1. The van der Waals surface area contributed by atoms with Gasteiger partial charge in [0.15, 0.2) is 0 Å². The molecule has 0 saturated carbocycles. The van der Waals surface area contributed by atoms with Gasteiger partial charge in [-0.25, -0.2) is 0 Å². The minimum atomic E-state index is 0.815. The summed E-state index contributed by atoms with van der Waals surface area (Å²) >= 11 is 3.55. The third-order valence-electron chi connectivity index (χ3n) is 3.66. The Morgan fingerprint density at radius 2 is 1.95 bits per heavy atom. The van der Waals surface area contributed by atoms with E-state index < -0.39 is 0 Å². The Labute approximate surface area is 125 Å². The van der Waals surface area contributed by atoms with Gasteiger partial charge in [-0.05, 0) is 85.9 Å². The zero-order valence-electron chi connectivity index (χ0n) is 11.8. The van der Waals surface area contributed by atoms with Crippen LogP contribution in [0.4, 0.5) is 0 Å². The second-order valence-corrected chi connectivity index (χ2v) is 6.25. The number of nitrogens with zero attached hydrogens (tertiary/aromatic N) is 1. The van der Waals surface area contributed by atoms with Crippen LogP contribution in [0.15, 0.2) is 22.7 Å². The molecule has 1 aliphatic heterocycles. The molecule has 1 aromatic carbocycles. The molecule has 0 radical (unpaired) electrons. The molecular weight excluding hydrogens is 302 g/mol. The zero-order valence-corrected chi connectivity index (χ0v) is 13.4. The predicted octanol–water partition coefficient (Wildman–Crippen LogP) is 4.40. The zero-order chi connectivity index (χ0) is 13.5. The number of benzene rings is 1. The van der Waals surface area contributed by atoms with Crippen molar-refractivity contribution >= 4 is 15.9 Å². The van der Waals surface area contributed by atoms with Crippen LogP contribution >= 0.6 is 15.9 Å². The smallest absolute Gasteiger partial charge is 0.133 e. The van der Waals surface area contributed by atoms with Gasteiger partial charge in [0, 0.05) is 0 Å². The molecule has 3 heteroatoms. The van der Waals surface area contributed by atoms with Crippen molar-refractivity contribution in [1.82, 2.24) is 4.90 Å². The topological polar surface area (TPSA) is 12.5 Å². The number of aryl methyl sites for hydroxylation is 1. The fourth-order valence-electron chi connectivity index (χ4n) is 2.53. The van der Waals surface area contributed by atoms with E-state index in [0.29, 0.717) is 0 Å². The van der Waals surface area contributed by atoms with Crippen molar-refractivity contribution in [3.8, 4) is 5.75 Å². The molecule has 1 aromatic rings. The van der Waals surface area contributed by atoms with E-state index in [4.69, 9.17) is 4.74 Å². The lowest BCUT2D eigenvalue weighted by Gasteiger charge is -2.26. The van der Waals surface area contributed by atoms with Gasteiger partial charge in [-0.2, -0.15) is 0 Å². The van der Waals surface area contributed by atoms with Crippen LogP contribution < -0.4 is 4.74 Å². The molecule has 0 amide bonds. The molecule has 19 heavy (non-hydrogen) atoms. The Hall–Kier alpha value is -0.540. The molecule has 2 rings (SSSR count). The van der Waals surface area contributed by atoms with Crippen molar-refractivity contribution in [2.75, 3.05) is 26.2 Å². The van der Waals surface area contributed by atoms with Crippen molar-refractivity contribution in [1.29, 1.82) is 0 Å². The third-order valence-corrected chi connectivity index (χ3v) is 4.28. The molecule has 0 aromatic heterocycles. The van der Waals surface area contributed by atoms with E-state index in [0.717, 1.165) is 23.2 Å². The predicted molar refractivity (Wildman–Crippen MR) is 83.9 cm³/mol. The van der Waals surface area contributed by atoms with Crippen LogP contribution in [0.3, 0.4) is 0 Å². The van der Waals surface area contributed by atoms with Crippen molar-refractivity contribution in [3.05, 3.63) is 28.2 Å². The van der Waals surface area contributed by atoms with Gasteiger partial charge in [0.2, 0.25) is 0 Å². The standard InChI is InChI=1S/C16H24BrNO/c1-14-7-8-16(15(17)13-14)19-12-6-5-11-18-9-3-2-4-10-18/h7-8,13H,2-6,9-12H2,1H3. The van der Waals surface area contributed by atoms with Crippen LogP contribution in [0.25, 0.3) is 0 Å². The third kappa shape index (κ3) is 5.15. The summed E-state index contributed by atoms with van der Waals surface area (Å²) in [7, 11) is 0. The van der Waals surface area contributed by atoms with Crippen molar-refractivity contribution in [3.63, 3.8) is 0 Å². The van der Waals surface area contributed by atoms with Crippen LogP contribution in [-0.4, -0.2) is 31.1 Å². The SMILES string of the molecule is Cc1ccc(OCCCCN2CCCCC2)c(Br)c1. The van der Waals surface area contributed by atoms with E-state index in [1.165, 1.54) is 50.9 Å². The minimum Gasteiger partial charge on any atom is -0.492 e. The van der Waals surface area contributed by atoms with E-state index in [1.54, 1.807) is 0 Å². The molecule has 0 spiro atoms. The highest BCUT2D eigenvalue weighted by molar-refractivity contribution is 9.10. The van der Waals surface area contributed by atoms with Crippen LogP contribution in [-0.2, 0) is 0 Å². The van der Waals surface area contributed by atoms with Crippen molar-refractivity contribution in [2.24, 2.45) is 0 Å². The average Bonchev–Trinajstić information content (AvgIpc) is 2.42. The monoisotopic (exact) mass is 325 g/mol. The molecule has 1 heterocycles. The van der Waals surface area contributed by atoms with Gasteiger partial charge in [-0.1, -0.05) is 12.5 Å². The number of hydrogen-bond acceptors (Lipinski definition) is 2. The van der Waals surface area contributed by atoms with E-state index in [-0.39, 0.29) is 0 Å². The van der Waals surface area contributed by atoms with Crippen LogP contribution in [0.1, 0.15) is 37.7 Å². The summed E-state index contributed by atoms with van der Waals surface area (Å²) in [4.78, 5) is 2.59. The van der Waals surface area contributed by atoms with E-state index in [9.17, 15) is 0 Å². The van der Waals surface area contributed by atoms with Gasteiger partial charge < -0.3 is 9.64 Å². The number of likely N-dealkylation sites (tertiary alicyclic amines) is 1. The van der Waals surface area contributed by atoms with Gasteiger partial charge in [0.1, 0.15) is 5.75 Å². The van der Waals surface area contributed by atoms with Gasteiger partial charge in [0.25, 0.3) is 0 Å². The fourth-order valence-corrected chi connectivity index (χ4v) is 3.13. The molecule has 1 aliphatic rings. The summed E-state index contributed by atoms with van der Waals surface area (Å²) < 4.78 is 6.87. The molecule has 2 nitrogen and oxygen atoms in total. The number of unbranched alkanes of at least 4 members (excludes halogenated alkanes) is 1. The maximum atomic E-state index is 5.82. The second-order valence-electron chi connectivity index (χ2n) is 5.39. The molecule has 0 unspecified atom stereocenters. The molecule has 0 atom stereocenters. The van der Waals surface area contributed by atoms with Crippen LogP contribution in [0, 0.1) is 6.92 Å². The number of halogens is 1. The molecule has 0 bridgehead atoms. The normalized spacial score (nSPS) is 16.5. The van der Waals surface area contributed by atoms with Gasteiger partial charge in [-0.3, -0.25) is 0 Å². The first-order chi connectivity index (χ1) is 9.25. The molecule has 0 N–H and O–H groups in total. The Balaban J connectivity index is 1.61. The van der Waals surface area contributed by atoms with Crippen molar-refractivity contribution < 1.29 is 4.74 Å². The fraction of sp³-hybridized carbons (Fsp3) is 0.625. The maximum Gasteiger partial charge on any atom is 0.133 e. The highest BCUT2D eigenvalue weighted by Gasteiger charge is 2.09. The highest BCUT2D eigenvalue weighted by atomic mass is 79.9. The summed E-state index contributed by atoms with van der Waals surface area (Å²) in [5.74, 6) is 0.962. The highest BCUT2D eigenvalue weighted by Crippen LogP contribution is 2.25. The molecule has 1 fully saturated rings. The lowest BCUT2D eigenvalue weighted by molar-refractivity contribution is 0.216. The van der Waals surface area contributed by atoms with E-state index in [2.05, 4.69) is 39.9 Å². The summed E-state index contributed by atoms with van der Waals surface area (Å²) in [6.07, 6.45) is 6.56. The summed E-state index contributed by atoms with van der Waals surface area (Å²) in [5.41, 5.74) is 1.25. The van der Waals surface area contributed by atoms with E-state index in [1.807, 2.05) is 6.07 Å². The number of rotatable bonds is 6. The second kappa shape index (κ2) is 7.91. The van der Waals surface area contributed by atoms with Gasteiger partial charge in [0.05, 0.1) is 11.1 Å². The summed E-state index contributed by atoms with van der Waals surface area (Å²) in [6, 6.07) is 6.24. The van der Waals surface area contributed by atoms with E-state index >= 15 is 0 Å². The van der Waals surface area contributed by atoms with Crippen molar-refractivity contribution in [2.45, 2.75) is 39.0 Å². The Kier molecular flexibility index (Phi) is 6.18. The van der Waals surface area contributed by atoms with Crippen LogP contribution in [0.5, 0.6) is 5.75 Å². The number of ether oxygens (including phenoxy) is 1. The van der Waals surface area contributed by atoms with Crippen LogP contribution in [0.2, 0.25) is 0 Å². The average molecular weight is 326 g/mol. The van der Waals surface area contributed by atoms with Gasteiger partial charge in [-0.15, -0.1) is 0 Å². The molecular formula is C16H24BrNO. The largest absolute Gasteiger partial charge is 0.492 e. The Morgan fingerprint density at radius 3 is 2.68 bits per heavy atom. The molecule has 0 aliphatic carbocycles. The lowest BCUT2D eigenvalue weighted by atomic mass is 10.1. The number of hydrogen-bond donors (Lipinski definition) is 0. The quantitative estimate of drug-likeness (QED) is 0.718. The first-order valence-corrected chi connectivity index (χ1v) is 8.16. The maximum absolute atomic E-state index is 5.82. The Morgan fingerprint density at radius 1 is 1.16 bits per heavy atom. The van der Waals surface area contributed by atoms with Gasteiger partial charge >= 0.3 is 0 Å². The lowest BCUT2D eigenvalue weighted by Crippen LogP contribution is -2.30. The summed E-state index contributed by atoms with van der Waals surface area (Å²) in [6.45, 7) is 6.73.